The fourth-order valence-electron chi connectivity index (χ4n) is 3.77. The normalized spacial score (nSPS) is 13.1. The van der Waals surface area contributed by atoms with Crippen LogP contribution < -0.4 is 26.4 Å². The van der Waals surface area contributed by atoms with Gasteiger partial charge in [0, 0.05) is 29.9 Å². The van der Waals surface area contributed by atoms with Gasteiger partial charge >= 0.3 is 0 Å². The van der Waals surface area contributed by atoms with E-state index in [0.717, 1.165) is 30.6 Å². The van der Waals surface area contributed by atoms with Crippen molar-refractivity contribution in [2.24, 2.45) is 5.73 Å². The lowest BCUT2D eigenvalue weighted by atomic mass is 9.99. The lowest BCUT2D eigenvalue weighted by molar-refractivity contribution is 0.101. The number of ether oxygens (including phenoxy) is 1. The zero-order valence-corrected chi connectivity index (χ0v) is 19.1. The van der Waals surface area contributed by atoms with Crippen molar-refractivity contribution >= 4 is 28.8 Å². The second kappa shape index (κ2) is 10.8. The Morgan fingerprint density at radius 3 is 2.21 bits per heavy atom. The molecule has 0 spiro atoms. The van der Waals surface area contributed by atoms with Gasteiger partial charge in [0.1, 0.15) is 5.75 Å². The molecule has 0 aliphatic carbocycles. The molecule has 0 atom stereocenters. The average molecular weight is 457 g/mol. The molecule has 1 aliphatic rings. The van der Waals surface area contributed by atoms with E-state index in [-0.39, 0.29) is 11.8 Å². The fraction of sp³-hybridized carbons (Fsp3) is 0.185. The van der Waals surface area contributed by atoms with Crippen LogP contribution in [0.25, 0.3) is 5.57 Å². The van der Waals surface area contributed by atoms with Gasteiger partial charge in [0.25, 0.3) is 11.8 Å². The third kappa shape index (κ3) is 5.51. The van der Waals surface area contributed by atoms with E-state index < -0.39 is 0 Å². The molecule has 34 heavy (non-hydrogen) atoms. The Morgan fingerprint density at radius 2 is 1.62 bits per heavy atom. The molecular formula is C27H28N4O3. The largest absolute Gasteiger partial charge is 0.495 e. The number of benzene rings is 3. The van der Waals surface area contributed by atoms with Crippen molar-refractivity contribution in [2.45, 2.75) is 13.0 Å². The predicted octanol–water partition coefficient (Wildman–Crippen LogP) is 4.04. The van der Waals surface area contributed by atoms with Gasteiger partial charge in [0.2, 0.25) is 0 Å². The molecule has 0 radical (unpaired) electrons. The molecule has 0 saturated heterocycles. The Bertz CT molecular complexity index is 1200. The van der Waals surface area contributed by atoms with Crippen LogP contribution in [0.2, 0.25) is 0 Å². The molecule has 5 N–H and O–H groups in total. The number of rotatable bonds is 7. The summed E-state index contributed by atoms with van der Waals surface area (Å²) in [5, 5.41) is 9.04. The van der Waals surface area contributed by atoms with Crippen molar-refractivity contribution in [1.82, 2.24) is 5.32 Å². The molecule has 7 nitrogen and oxygen atoms in total. The maximum atomic E-state index is 12.8. The highest BCUT2D eigenvalue weighted by Crippen LogP contribution is 2.30. The molecule has 0 saturated carbocycles. The van der Waals surface area contributed by atoms with Crippen molar-refractivity contribution in [3.05, 3.63) is 95.1 Å². The second-order valence-electron chi connectivity index (χ2n) is 7.99. The smallest absolute Gasteiger partial charge is 0.255 e. The Kier molecular flexibility index (Phi) is 7.37. The number of anilines is 2. The Labute approximate surface area is 199 Å². The van der Waals surface area contributed by atoms with Crippen LogP contribution in [0.1, 0.15) is 38.3 Å². The molecule has 4 rings (SSSR count). The summed E-state index contributed by atoms with van der Waals surface area (Å²) in [5.41, 5.74) is 11.1. The van der Waals surface area contributed by atoms with E-state index in [1.54, 1.807) is 31.4 Å². The van der Waals surface area contributed by atoms with Gasteiger partial charge in [-0.15, -0.1) is 0 Å². The van der Waals surface area contributed by atoms with Crippen LogP contribution in [-0.2, 0) is 6.54 Å². The number of carbonyl (C=O) groups excluding carboxylic acids is 2. The summed E-state index contributed by atoms with van der Waals surface area (Å²) in [4.78, 5) is 25.3. The van der Waals surface area contributed by atoms with Crippen LogP contribution in [0, 0.1) is 0 Å². The van der Waals surface area contributed by atoms with E-state index in [2.05, 4.69) is 22.0 Å². The number of carbonyl (C=O) groups is 2. The van der Waals surface area contributed by atoms with Crippen molar-refractivity contribution in [2.75, 3.05) is 30.8 Å². The van der Waals surface area contributed by atoms with E-state index in [1.165, 1.54) is 5.57 Å². The van der Waals surface area contributed by atoms with E-state index in [9.17, 15) is 9.59 Å². The van der Waals surface area contributed by atoms with Gasteiger partial charge in [-0.25, -0.2) is 0 Å². The molecule has 174 valence electrons. The molecule has 0 unspecified atom stereocenters. The molecule has 3 aromatic carbocycles. The number of hydrogen-bond donors (Lipinski definition) is 4. The third-order valence-electron chi connectivity index (χ3n) is 5.74. The van der Waals surface area contributed by atoms with Crippen LogP contribution in [0.5, 0.6) is 5.75 Å². The van der Waals surface area contributed by atoms with Crippen molar-refractivity contribution in [3.63, 3.8) is 0 Å². The predicted molar refractivity (Wildman–Crippen MR) is 135 cm³/mol. The lowest BCUT2D eigenvalue weighted by Gasteiger charge is -2.17. The Hall–Kier alpha value is -3.94. The summed E-state index contributed by atoms with van der Waals surface area (Å²) in [6.45, 7) is 2.25. The standard InChI is InChI=1S/C27H28N4O3/c1-34-25-16-22(19-12-14-29-15-13-19)8-11-24(25)31-27(33)21-6-4-20(5-7-21)26(32)30-23-9-2-18(17-28)3-10-23/h2-12,16,29H,13-15,17,28H2,1H3,(H,30,32)(H,31,33). The van der Waals surface area contributed by atoms with E-state index in [4.69, 9.17) is 10.5 Å². The van der Waals surface area contributed by atoms with Crippen molar-refractivity contribution < 1.29 is 14.3 Å². The highest BCUT2D eigenvalue weighted by Gasteiger charge is 2.14. The van der Waals surface area contributed by atoms with Crippen LogP contribution >= 0.6 is 0 Å². The molecule has 7 heteroatoms. The first-order chi connectivity index (χ1) is 16.6. The zero-order chi connectivity index (χ0) is 23.9. The Balaban J connectivity index is 1.42. The maximum absolute atomic E-state index is 12.8. The van der Waals surface area contributed by atoms with Gasteiger partial charge in [0.15, 0.2) is 0 Å². The van der Waals surface area contributed by atoms with Crippen molar-refractivity contribution in [1.29, 1.82) is 0 Å². The van der Waals surface area contributed by atoms with Crippen LogP contribution in [0.3, 0.4) is 0 Å². The van der Waals surface area contributed by atoms with Gasteiger partial charge in [-0.05, 0) is 78.2 Å². The minimum Gasteiger partial charge on any atom is -0.495 e. The second-order valence-corrected chi connectivity index (χ2v) is 7.99. The maximum Gasteiger partial charge on any atom is 0.255 e. The van der Waals surface area contributed by atoms with E-state index >= 15 is 0 Å². The number of methoxy groups -OCH3 is 1. The topological polar surface area (TPSA) is 105 Å². The van der Waals surface area contributed by atoms with Crippen LogP contribution in [0.4, 0.5) is 11.4 Å². The summed E-state index contributed by atoms with van der Waals surface area (Å²) in [6.07, 6.45) is 3.12. The first-order valence-electron chi connectivity index (χ1n) is 11.2. The minimum absolute atomic E-state index is 0.253. The average Bonchev–Trinajstić information content (AvgIpc) is 2.90. The highest BCUT2D eigenvalue weighted by molar-refractivity contribution is 6.07. The Morgan fingerprint density at radius 1 is 0.941 bits per heavy atom. The first kappa shape index (κ1) is 23.2. The number of nitrogens with two attached hydrogens (primary N) is 1. The van der Waals surface area contributed by atoms with E-state index in [0.29, 0.717) is 34.8 Å². The number of hydrogen-bond acceptors (Lipinski definition) is 5. The van der Waals surface area contributed by atoms with Gasteiger partial charge in [-0.3, -0.25) is 9.59 Å². The summed E-state index contributed by atoms with van der Waals surface area (Å²) >= 11 is 0. The monoisotopic (exact) mass is 456 g/mol. The molecule has 2 amide bonds. The molecule has 0 fully saturated rings. The molecular weight excluding hydrogens is 428 g/mol. The SMILES string of the molecule is COc1cc(C2=CCNCC2)ccc1NC(=O)c1ccc(C(=O)Nc2ccc(CN)cc2)cc1. The molecule has 1 heterocycles. The van der Waals surface area contributed by atoms with Crippen LogP contribution in [-0.4, -0.2) is 32.0 Å². The van der Waals surface area contributed by atoms with Gasteiger partial charge < -0.3 is 26.4 Å². The number of amides is 2. The number of nitrogens with one attached hydrogen (secondary N) is 3. The summed E-state index contributed by atoms with van der Waals surface area (Å²) in [7, 11) is 1.59. The quantitative estimate of drug-likeness (QED) is 0.430. The summed E-state index contributed by atoms with van der Waals surface area (Å²) in [5.74, 6) is 0.0651. The summed E-state index contributed by atoms with van der Waals surface area (Å²) < 4.78 is 5.52. The molecule has 3 aromatic rings. The van der Waals surface area contributed by atoms with Gasteiger partial charge in [-0.2, -0.15) is 0 Å². The van der Waals surface area contributed by atoms with Crippen molar-refractivity contribution in [3.8, 4) is 5.75 Å². The van der Waals surface area contributed by atoms with Gasteiger partial charge in [-0.1, -0.05) is 24.3 Å². The van der Waals surface area contributed by atoms with Gasteiger partial charge in [0.05, 0.1) is 12.8 Å². The third-order valence-corrected chi connectivity index (χ3v) is 5.74. The summed E-state index contributed by atoms with van der Waals surface area (Å²) in [6, 6.07) is 19.6. The molecule has 1 aliphatic heterocycles. The fourth-order valence-corrected chi connectivity index (χ4v) is 3.77. The first-order valence-corrected chi connectivity index (χ1v) is 11.2. The lowest BCUT2D eigenvalue weighted by Crippen LogP contribution is -2.20. The molecule has 0 bridgehead atoms. The minimum atomic E-state index is -0.281. The van der Waals surface area contributed by atoms with Crippen LogP contribution in [0.15, 0.2) is 72.8 Å². The van der Waals surface area contributed by atoms with E-state index in [1.807, 2.05) is 42.5 Å². The zero-order valence-electron chi connectivity index (χ0n) is 19.1. The highest BCUT2D eigenvalue weighted by atomic mass is 16.5. The molecule has 0 aromatic heterocycles.